The largest absolute Gasteiger partial charge is 0.507 e. The first-order valence-electron chi connectivity index (χ1n) is 9.30. The minimum atomic E-state index is 0. The molecule has 0 bridgehead atoms. The number of aliphatic imine (C=N–C) groups is 1. The second kappa shape index (κ2) is 8.33. The van der Waals surface area contributed by atoms with Gasteiger partial charge in [-0.05, 0) is 43.9 Å². The zero-order chi connectivity index (χ0) is 18.2. The molecule has 26 heavy (non-hydrogen) atoms. The third kappa shape index (κ3) is 3.96. The van der Waals surface area contributed by atoms with E-state index in [1.165, 1.54) is 0 Å². The molecular weight excluding hydrogens is 441 g/mol. The summed E-state index contributed by atoms with van der Waals surface area (Å²) in [6, 6.07) is 4.40. The standard InChI is InChI=1S/C20H31N3O2.HI/c1-6-21-19(22-11-14-9-12(2)16(24)13(3)10-14)23-17-15-7-8-25-18(15)20(17,4)5;/h9-10,15,17-18,24H,6-8,11H2,1-5H3,(H2,21,22,23);1H. The zero-order valence-electron chi connectivity index (χ0n) is 16.4. The summed E-state index contributed by atoms with van der Waals surface area (Å²) >= 11 is 0. The number of hydrogen-bond donors (Lipinski definition) is 3. The Labute approximate surface area is 174 Å². The van der Waals surface area contributed by atoms with E-state index in [2.05, 4.69) is 31.4 Å². The van der Waals surface area contributed by atoms with Gasteiger partial charge in [-0.1, -0.05) is 26.0 Å². The molecule has 3 rings (SSSR count). The van der Waals surface area contributed by atoms with E-state index in [-0.39, 0.29) is 29.4 Å². The molecule has 1 aliphatic carbocycles. The average Bonchev–Trinajstić information content (AvgIpc) is 3.02. The molecule has 1 aliphatic heterocycles. The number of ether oxygens (including phenoxy) is 1. The number of halogens is 1. The van der Waals surface area contributed by atoms with E-state index in [9.17, 15) is 5.11 Å². The Morgan fingerprint density at radius 1 is 1.31 bits per heavy atom. The molecule has 0 spiro atoms. The first-order valence-corrected chi connectivity index (χ1v) is 9.30. The number of phenols is 1. The van der Waals surface area contributed by atoms with Crippen LogP contribution in [0, 0.1) is 25.2 Å². The van der Waals surface area contributed by atoms with Gasteiger partial charge in [0.05, 0.1) is 12.6 Å². The lowest BCUT2D eigenvalue weighted by molar-refractivity contribution is -0.106. The summed E-state index contributed by atoms with van der Waals surface area (Å²) in [7, 11) is 0. The Morgan fingerprint density at radius 3 is 2.58 bits per heavy atom. The summed E-state index contributed by atoms with van der Waals surface area (Å²) in [5.41, 5.74) is 3.03. The van der Waals surface area contributed by atoms with Crippen molar-refractivity contribution in [3.8, 4) is 5.75 Å². The summed E-state index contributed by atoms with van der Waals surface area (Å²) < 4.78 is 5.88. The highest BCUT2D eigenvalue weighted by molar-refractivity contribution is 14.0. The van der Waals surface area contributed by atoms with Crippen LogP contribution in [0.25, 0.3) is 0 Å². The number of nitrogens with one attached hydrogen (secondary N) is 2. The molecule has 3 N–H and O–H groups in total. The van der Waals surface area contributed by atoms with Crippen LogP contribution < -0.4 is 10.6 Å². The van der Waals surface area contributed by atoms with Crippen LogP contribution in [0.5, 0.6) is 5.75 Å². The lowest BCUT2D eigenvalue weighted by atomic mass is 9.57. The maximum Gasteiger partial charge on any atom is 0.191 e. The first-order chi connectivity index (χ1) is 11.8. The normalized spacial score (nSPS) is 26.5. The van der Waals surface area contributed by atoms with Crippen LogP contribution in [0.3, 0.4) is 0 Å². The van der Waals surface area contributed by atoms with Crippen molar-refractivity contribution in [3.63, 3.8) is 0 Å². The van der Waals surface area contributed by atoms with Gasteiger partial charge in [-0.15, -0.1) is 24.0 Å². The molecule has 0 amide bonds. The van der Waals surface area contributed by atoms with Gasteiger partial charge in [-0.2, -0.15) is 0 Å². The molecule has 5 nitrogen and oxygen atoms in total. The molecule has 1 aromatic carbocycles. The molecular formula is C20H32IN3O2. The Kier molecular flexibility index (Phi) is 6.82. The maximum absolute atomic E-state index is 9.92. The predicted molar refractivity (Wildman–Crippen MR) is 116 cm³/mol. The molecule has 1 heterocycles. The Bertz CT molecular complexity index is 652. The van der Waals surface area contributed by atoms with E-state index in [0.717, 1.165) is 42.2 Å². The van der Waals surface area contributed by atoms with E-state index in [1.54, 1.807) is 0 Å². The molecule has 2 aliphatic rings. The molecule has 146 valence electrons. The van der Waals surface area contributed by atoms with Crippen molar-refractivity contribution in [1.82, 2.24) is 10.6 Å². The topological polar surface area (TPSA) is 65.9 Å². The van der Waals surface area contributed by atoms with E-state index < -0.39 is 0 Å². The van der Waals surface area contributed by atoms with Crippen molar-refractivity contribution in [2.24, 2.45) is 16.3 Å². The van der Waals surface area contributed by atoms with Crippen molar-refractivity contribution in [3.05, 3.63) is 28.8 Å². The quantitative estimate of drug-likeness (QED) is 0.356. The second-order valence-corrected chi connectivity index (χ2v) is 7.96. The highest BCUT2D eigenvalue weighted by atomic mass is 127. The summed E-state index contributed by atoms with van der Waals surface area (Å²) in [5.74, 6) is 1.81. The van der Waals surface area contributed by atoms with Gasteiger partial charge in [0.1, 0.15) is 5.75 Å². The Hall–Kier alpha value is -1.02. The number of hydrogen-bond acceptors (Lipinski definition) is 3. The number of guanidine groups is 1. The number of phenolic OH excluding ortho intramolecular Hbond substituents is 1. The molecule has 0 radical (unpaired) electrons. The first kappa shape index (κ1) is 21.3. The van der Waals surface area contributed by atoms with Crippen LogP contribution in [-0.2, 0) is 11.3 Å². The minimum Gasteiger partial charge on any atom is -0.507 e. The second-order valence-electron chi connectivity index (χ2n) is 7.96. The third-order valence-electron chi connectivity index (χ3n) is 5.71. The van der Waals surface area contributed by atoms with Gasteiger partial charge in [0.25, 0.3) is 0 Å². The van der Waals surface area contributed by atoms with Gasteiger partial charge in [0.2, 0.25) is 0 Å². The van der Waals surface area contributed by atoms with E-state index in [4.69, 9.17) is 9.73 Å². The highest BCUT2D eigenvalue weighted by Gasteiger charge is 2.59. The van der Waals surface area contributed by atoms with Gasteiger partial charge in [-0.3, -0.25) is 0 Å². The van der Waals surface area contributed by atoms with Crippen molar-refractivity contribution >= 4 is 29.9 Å². The van der Waals surface area contributed by atoms with Gasteiger partial charge in [-0.25, -0.2) is 4.99 Å². The van der Waals surface area contributed by atoms with Crippen LogP contribution in [-0.4, -0.2) is 36.4 Å². The van der Waals surface area contributed by atoms with Gasteiger partial charge < -0.3 is 20.5 Å². The van der Waals surface area contributed by atoms with Crippen LogP contribution in [0.1, 0.15) is 43.9 Å². The van der Waals surface area contributed by atoms with E-state index in [0.29, 0.717) is 30.4 Å². The Balaban J connectivity index is 0.00000243. The summed E-state index contributed by atoms with van der Waals surface area (Å²) in [6.07, 6.45) is 1.50. The summed E-state index contributed by atoms with van der Waals surface area (Å²) in [4.78, 5) is 4.77. The summed E-state index contributed by atoms with van der Waals surface area (Å²) in [5, 5.41) is 16.9. The predicted octanol–water partition coefficient (Wildman–Crippen LogP) is 3.50. The van der Waals surface area contributed by atoms with Gasteiger partial charge >= 0.3 is 0 Å². The van der Waals surface area contributed by atoms with Gasteiger partial charge in [0.15, 0.2) is 5.96 Å². The van der Waals surface area contributed by atoms with Crippen LogP contribution in [0.4, 0.5) is 0 Å². The smallest absolute Gasteiger partial charge is 0.191 e. The summed E-state index contributed by atoms with van der Waals surface area (Å²) in [6.45, 7) is 12.8. The van der Waals surface area contributed by atoms with Crippen molar-refractivity contribution in [1.29, 1.82) is 0 Å². The lowest BCUT2D eigenvalue weighted by Gasteiger charge is -2.54. The average molecular weight is 473 g/mol. The van der Waals surface area contributed by atoms with Crippen molar-refractivity contribution in [2.75, 3.05) is 13.2 Å². The maximum atomic E-state index is 9.92. The number of rotatable bonds is 4. The fourth-order valence-electron chi connectivity index (χ4n) is 4.39. The molecule has 3 atom stereocenters. The molecule has 2 fully saturated rings. The highest BCUT2D eigenvalue weighted by Crippen LogP contribution is 2.52. The van der Waals surface area contributed by atoms with Crippen molar-refractivity contribution < 1.29 is 9.84 Å². The van der Waals surface area contributed by atoms with Crippen molar-refractivity contribution in [2.45, 2.75) is 59.7 Å². The van der Waals surface area contributed by atoms with Gasteiger partial charge in [0, 0.05) is 30.5 Å². The number of nitrogens with zero attached hydrogens (tertiary/aromatic N) is 1. The monoisotopic (exact) mass is 473 g/mol. The molecule has 1 saturated carbocycles. The van der Waals surface area contributed by atoms with Crippen LogP contribution >= 0.6 is 24.0 Å². The molecule has 6 heteroatoms. The molecule has 3 unspecified atom stereocenters. The van der Waals surface area contributed by atoms with Crippen LogP contribution in [0.15, 0.2) is 17.1 Å². The molecule has 1 saturated heterocycles. The lowest BCUT2D eigenvalue weighted by Crippen LogP contribution is -2.67. The fourth-order valence-corrected chi connectivity index (χ4v) is 4.39. The van der Waals surface area contributed by atoms with E-state index >= 15 is 0 Å². The SMILES string of the molecule is CCNC(=NCc1cc(C)c(O)c(C)c1)NC1C2CCOC2C1(C)C.I. The Morgan fingerprint density at radius 2 is 1.96 bits per heavy atom. The fraction of sp³-hybridized carbons (Fsp3) is 0.650. The minimum absolute atomic E-state index is 0. The third-order valence-corrected chi connectivity index (χ3v) is 5.71. The van der Waals surface area contributed by atoms with E-state index in [1.807, 2.05) is 26.0 Å². The number of aromatic hydroxyl groups is 1. The molecule has 0 aromatic heterocycles. The molecule has 1 aromatic rings. The number of fused-ring (bicyclic) bond motifs is 1. The van der Waals surface area contributed by atoms with Crippen LogP contribution in [0.2, 0.25) is 0 Å². The zero-order valence-corrected chi connectivity index (χ0v) is 18.8. The number of benzene rings is 1. The number of aryl methyl sites for hydroxylation is 2.